The third-order valence-corrected chi connectivity index (χ3v) is 29.1. The minimum absolute atomic E-state index is 0.113. The van der Waals surface area contributed by atoms with Gasteiger partial charge in [-0.15, -0.1) is 0 Å². The van der Waals surface area contributed by atoms with E-state index in [1.807, 2.05) is 165 Å². The molecule has 8 aliphatic rings. The van der Waals surface area contributed by atoms with E-state index in [0.29, 0.717) is 58.3 Å². The van der Waals surface area contributed by atoms with Gasteiger partial charge in [-0.25, -0.2) is 13.8 Å². The maximum Gasteiger partial charge on any atom is 0.276 e. The van der Waals surface area contributed by atoms with Crippen molar-refractivity contribution < 1.29 is 37.8 Å². The maximum atomic E-state index is 13.6. The van der Waals surface area contributed by atoms with Crippen molar-refractivity contribution in [3.8, 4) is 44.5 Å². The number of halogens is 2. The zero-order chi connectivity index (χ0) is 102. The third kappa shape index (κ3) is 25.6. The first-order chi connectivity index (χ1) is 73.2. The number of hydrogen-bond donors (Lipinski definition) is 9. The van der Waals surface area contributed by atoms with Crippen molar-refractivity contribution in [2.45, 2.75) is 103 Å². The predicted octanol–water partition coefficient (Wildman–Crippen LogP) is 14.2. The van der Waals surface area contributed by atoms with Crippen LogP contribution in [0.5, 0.6) is 0 Å². The van der Waals surface area contributed by atoms with Gasteiger partial charge in [0.1, 0.15) is 5.82 Å². The molecule has 16 aromatic rings. The molecule has 0 spiro atoms. The SMILES string of the molecule is CN1CCN(Cc2ccc(NC(=O)c3n[nH]c4ccc(-c5cncc(CN6CCC(O)CC6)c5)cc34)cn2)CC1.CN1CCN(c2ccc(NC(=O)c3n[nH]c4ccc(-c5cncc(CN6CCC(F)(F)C6)c5)cc34)cn2)CC1.O=C(Nc1ccc(CN2CCC2)nc1)c1n[nH]c2ccc(-c3cncc(CN4CCCC4)c3)cc12.O=C(Nc1ccc(CN2CCC2)nc1)c1n[nH]c2ccc(-c3cncc(CN4CCOCC4)c3)cc12. The number of aromatic amines is 4. The molecule has 0 atom stereocenters. The van der Waals surface area contributed by atoms with Crippen molar-refractivity contribution >= 4 is 95.8 Å². The fourth-order valence-corrected chi connectivity index (χ4v) is 20.1. The predicted molar refractivity (Wildman–Crippen MR) is 574 cm³/mol. The molecule has 8 aliphatic heterocycles. The fourth-order valence-electron chi connectivity index (χ4n) is 20.1. The number of aliphatic hydroxyl groups excluding tert-OH is 1. The number of likely N-dealkylation sites (tertiary alicyclic amines) is 5. The second kappa shape index (κ2) is 46.9. The number of carbonyl (C=O) groups is 4. The lowest BCUT2D eigenvalue weighted by atomic mass is 10.0. The molecular weight excluding hydrogens is 1900 g/mol. The molecule has 4 aromatic carbocycles. The molecule has 8 fully saturated rings. The highest BCUT2D eigenvalue weighted by Gasteiger charge is 2.38. The first kappa shape index (κ1) is 101. The third-order valence-electron chi connectivity index (χ3n) is 29.1. The molecule has 0 bridgehead atoms. The van der Waals surface area contributed by atoms with Crippen molar-refractivity contribution in [2.75, 3.05) is 184 Å². The van der Waals surface area contributed by atoms with Crippen molar-refractivity contribution in [3.63, 3.8) is 0 Å². The van der Waals surface area contributed by atoms with Crippen LogP contribution in [0.1, 0.15) is 126 Å². The van der Waals surface area contributed by atoms with Crippen LogP contribution in [0.15, 0.2) is 220 Å². The van der Waals surface area contributed by atoms with Crippen molar-refractivity contribution in [2.24, 2.45) is 0 Å². The number of hydrogen-bond acceptors (Lipinski definition) is 28. The van der Waals surface area contributed by atoms with Gasteiger partial charge in [0.05, 0.1) is 113 Å². The normalized spacial score (nSPS) is 17.3. The molecular formula is C112H124F2N30O6. The summed E-state index contributed by atoms with van der Waals surface area (Å²) in [7, 11) is 4.26. The summed E-state index contributed by atoms with van der Waals surface area (Å²) in [5.41, 5.74) is 22.1. The molecule has 0 aliphatic carbocycles. The number of aromatic nitrogens is 16. The van der Waals surface area contributed by atoms with E-state index >= 15 is 0 Å². The Balaban J connectivity index is 0.000000117. The first-order valence-corrected chi connectivity index (χ1v) is 51.8. The molecule has 9 N–H and O–H groups in total. The van der Waals surface area contributed by atoms with Crippen LogP contribution in [0, 0.1) is 0 Å². The number of anilines is 5. The van der Waals surface area contributed by atoms with Gasteiger partial charge in [-0.1, -0.05) is 24.3 Å². The summed E-state index contributed by atoms with van der Waals surface area (Å²) in [5.74, 6) is -2.88. The van der Waals surface area contributed by atoms with Gasteiger partial charge in [0, 0.05) is 231 Å². The Hall–Kier alpha value is -14.9. The van der Waals surface area contributed by atoms with Crippen molar-refractivity contribution in [1.82, 2.24) is 125 Å². The average molecular weight is 2020 g/mol. The molecule has 0 saturated carbocycles. The van der Waals surface area contributed by atoms with Gasteiger partial charge in [0.2, 0.25) is 0 Å². The lowest BCUT2D eigenvalue weighted by molar-refractivity contribution is 0.0114. The van der Waals surface area contributed by atoms with E-state index in [4.69, 9.17) is 4.74 Å². The smallest absolute Gasteiger partial charge is 0.276 e. The summed E-state index contributed by atoms with van der Waals surface area (Å²) >= 11 is 0. The molecule has 8 saturated heterocycles. The highest BCUT2D eigenvalue weighted by molar-refractivity contribution is 6.14. The van der Waals surface area contributed by atoms with Gasteiger partial charge in [-0.05, 0) is 258 Å². The summed E-state index contributed by atoms with van der Waals surface area (Å²) < 4.78 is 32.7. The number of H-pyrrole nitrogens is 4. The highest BCUT2D eigenvalue weighted by Crippen LogP contribution is 2.36. The number of nitrogens with one attached hydrogen (secondary N) is 8. The number of likely N-dealkylation sites (N-methyl/N-ethyl adjacent to an activating group) is 2. The number of amides is 4. The molecule has 38 heteroatoms. The molecule has 772 valence electrons. The Morgan fingerprint density at radius 1 is 0.333 bits per heavy atom. The summed E-state index contributed by atoms with van der Waals surface area (Å²) in [6, 6.07) is 47.5. The largest absolute Gasteiger partial charge is 0.393 e. The van der Waals surface area contributed by atoms with E-state index < -0.39 is 5.92 Å². The molecule has 20 heterocycles. The van der Waals surface area contributed by atoms with Crippen LogP contribution in [0.2, 0.25) is 0 Å². The lowest BCUT2D eigenvalue weighted by Crippen LogP contribution is -2.44. The van der Waals surface area contributed by atoms with Gasteiger partial charge >= 0.3 is 0 Å². The Labute approximate surface area is 867 Å². The summed E-state index contributed by atoms with van der Waals surface area (Å²) in [4.78, 5) is 111. The quantitative estimate of drug-likeness (QED) is 0.0231. The summed E-state index contributed by atoms with van der Waals surface area (Å²) in [5, 5.41) is 53.5. The van der Waals surface area contributed by atoms with Crippen LogP contribution < -0.4 is 26.2 Å². The Morgan fingerprint density at radius 3 is 0.980 bits per heavy atom. The van der Waals surface area contributed by atoms with Crippen LogP contribution in [-0.2, 0) is 50.6 Å². The van der Waals surface area contributed by atoms with Crippen LogP contribution in [0.3, 0.4) is 0 Å². The minimum atomic E-state index is -2.63. The Morgan fingerprint density at radius 2 is 0.653 bits per heavy atom. The van der Waals surface area contributed by atoms with Crippen LogP contribution in [-0.4, -0.2) is 324 Å². The van der Waals surface area contributed by atoms with E-state index in [0.717, 1.165) is 305 Å². The van der Waals surface area contributed by atoms with Gasteiger partial charge in [-0.3, -0.25) is 109 Å². The van der Waals surface area contributed by atoms with Gasteiger partial charge in [0.15, 0.2) is 22.8 Å². The van der Waals surface area contributed by atoms with Gasteiger partial charge < -0.3 is 45.8 Å². The first-order valence-electron chi connectivity index (χ1n) is 51.8. The zero-order valence-electron chi connectivity index (χ0n) is 84.4. The van der Waals surface area contributed by atoms with Gasteiger partial charge in [-0.2, -0.15) is 20.4 Å². The minimum Gasteiger partial charge on any atom is -0.393 e. The number of piperidine rings is 1. The number of morpholine rings is 1. The molecule has 0 radical (unpaired) electrons. The van der Waals surface area contributed by atoms with Crippen LogP contribution in [0.25, 0.3) is 88.1 Å². The number of alkyl halides is 2. The number of aliphatic hydroxyl groups is 1. The Kier molecular flexibility index (Phi) is 31.5. The molecule has 12 aromatic heterocycles. The van der Waals surface area contributed by atoms with E-state index in [2.05, 4.69) is 178 Å². The second-order valence-corrected chi connectivity index (χ2v) is 40.3. The number of pyridine rings is 8. The van der Waals surface area contributed by atoms with Crippen molar-refractivity contribution in [3.05, 3.63) is 282 Å². The second-order valence-electron chi connectivity index (χ2n) is 40.3. The maximum absolute atomic E-state index is 13.6. The Bertz CT molecular complexity index is 7370. The van der Waals surface area contributed by atoms with E-state index in [1.165, 1.54) is 31.2 Å². The average Bonchev–Trinajstić information content (AvgIpc) is 1.65. The number of ether oxygens (including phenoxy) is 1. The zero-order valence-corrected chi connectivity index (χ0v) is 84.4. The lowest BCUT2D eigenvalue weighted by Gasteiger charge is -2.33. The standard InChI is InChI=1S/C30H36N8O2.C28H30F2N8O.C27H29N7O2.C27H29N7O/c1-36-10-12-38(13-11-36)20-25-4-3-24(18-32-25)33-30(40)29-27-15-22(2-5-28(27)34-35-29)23-14-21(16-31-17-23)19-37-8-6-26(39)7-9-37;1-36-8-10-38(11-9-36)25-5-3-22(16-32-25)33-27(39)26-23-13-20(2-4-24(23)34-35-26)21-12-19(14-31-15-21)17-37-7-6-28(29,30)18-37;35-27(30-22-3-4-23(29-16-22)18-33-6-1-7-33)26-24-13-20(2-5-25(24)31-32-26)21-12-19(14-28-15-21)17-34-8-10-36-11-9-34;35-27(30-22-5-6-23(29-16-22)18-34-10-3-11-34)26-24-13-20(4-7-25(24)31-32-26)21-12-19(14-28-15-21)17-33-8-1-2-9-33/h2-5,14-18,26,39H,6-13,19-20H2,1H3,(H,33,40)(H,34,35);2-5,12-16H,6-11,17-18H2,1H3,(H,33,39)(H,34,35);2-5,12-16H,1,6-11,17-18H2,(H,30,35)(H,31,32);4-7,12-16H,1-3,8-11,17-18H2,(H,30,35)(H,31,32). The molecule has 150 heavy (non-hydrogen) atoms. The highest BCUT2D eigenvalue weighted by atomic mass is 19.3. The monoisotopic (exact) mass is 2020 g/mol. The van der Waals surface area contributed by atoms with E-state index in [-0.39, 0.29) is 48.4 Å². The number of fused-ring (bicyclic) bond motifs is 4. The van der Waals surface area contributed by atoms with Crippen LogP contribution in [0.4, 0.5) is 37.3 Å². The molecule has 4 amide bonds. The van der Waals surface area contributed by atoms with Gasteiger partial charge in [0.25, 0.3) is 29.6 Å². The van der Waals surface area contributed by atoms with Crippen LogP contribution >= 0.6 is 0 Å². The summed E-state index contributed by atoms with van der Waals surface area (Å²) in [6.07, 6.45) is 28.0. The number of benzene rings is 4. The molecule has 36 nitrogen and oxygen atoms in total. The number of piperazine rings is 2. The van der Waals surface area contributed by atoms with E-state index in [9.17, 15) is 33.1 Å². The van der Waals surface area contributed by atoms with E-state index in [1.54, 1.807) is 42.1 Å². The van der Waals surface area contributed by atoms with Crippen molar-refractivity contribution in [1.29, 1.82) is 0 Å². The number of carbonyl (C=O) groups excluding carboxylic acids is 4. The number of rotatable bonds is 27. The molecule has 0 unspecified atom stereocenters. The topological polar surface area (TPSA) is 396 Å². The number of nitrogens with zero attached hydrogens (tertiary/aromatic N) is 22. The summed E-state index contributed by atoms with van der Waals surface area (Å²) in [6.45, 7) is 25.7. The fraction of sp³-hybridized carbons (Fsp3) is 0.357. The molecule has 24 rings (SSSR count).